The predicted molar refractivity (Wildman–Crippen MR) is 179 cm³/mol. The first-order valence-corrected chi connectivity index (χ1v) is 18.2. The molecule has 3 amide bonds. The summed E-state index contributed by atoms with van der Waals surface area (Å²) in [6.45, 7) is 5.97. The van der Waals surface area contributed by atoms with Crippen LogP contribution in [0.25, 0.3) is 0 Å². The average molecular weight is 677 g/mol. The van der Waals surface area contributed by atoms with Crippen molar-refractivity contribution >= 4 is 27.6 Å². The van der Waals surface area contributed by atoms with Crippen molar-refractivity contribution in [3.8, 4) is 5.75 Å². The maximum absolute atomic E-state index is 14.3. The predicted octanol–water partition coefficient (Wildman–Crippen LogP) is 3.99. The molecule has 47 heavy (non-hydrogen) atoms. The molecule has 3 N–H and O–H groups in total. The molecule has 0 radical (unpaired) electrons. The summed E-state index contributed by atoms with van der Waals surface area (Å²) in [7, 11) is -0.669. The van der Waals surface area contributed by atoms with Crippen molar-refractivity contribution in [2.24, 2.45) is 13.0 Å². The Morgan fingerprint density at radius 2 is 1.87 bits per heavy atom. The Kier molecular flexibility index (Phi) is 13.1. The number of nitrogens with one attached hydrogen (secondary N) is 2. The number of amides is 3. The number of likely N-dealkylation sites (N-methyl/N-ethyl adjacent to an activating group) is 1. The van der Waals surface area contributed by atoms with Gasteiger partial charge in [-0.2, -0.15) is 4.31 Å². The van der Waals surface area contributed by atoms with Gasteiger partial charge in [-0.1, -0.05) is 26.2 Å². The van der Waals surface area contributed by atoms with Crippen LogP contribution in [0.4, 0.5) is 10.5 Å². The number of fused-ring (bicyclic) bond motifs is 1. The average Bonchev–Trinajstić information content (AvgIpc) is 3.49. The second-order valence-electron chi connectivity index (χ2n) is 13.1. The van der Waals surface area contributed by atoms with Crippen LogP contribution in [0.15, 0.2) is 35.7 Å². The van der Waals surface area contributed by atoms with Crippen LogP contribution in [0.5, 0.6) is 5.75 Å². The molecule has 1 aliphatic carbocycles. The van der Waals surface area contributed by atoms with Gasteiger partial charge in [-0.3, -0.25) is 4.79 Å². The highest BCUT2D eigenvalue weighted by atomic mass is 32.2. The molecular formula is C33H52N6O7S. The van der Waals surface area contributed by atoms with Gasteiger partial charge >= 0.3 is 6.03 Å². The van der Waals surface area contributed by atoms with E-state index in [1.54, 1.807) is 41.6 Å². The smallest absolute Gasteiger partial charge is 0.319 e. The number of urea groups is 1. The minimum absolute atomic E-state index is 0.0515. The van der Waals surface area contributed by atoms with E-state index in [9.17, 15) is 23.1 Å². The van der Waals surface area contributed by atoms with Crippen LogP contribution in [-0.4, -0.2) is 102 Å². The lowest BCUT2D eigenvalue weighted by Gasteiger charge is -2.35. The van der Waals surface area contributed by atoms with Crippen molar-refractivity contribution in [1.82, 2.24) is 24.1 Å². The molecule has 14 heteroatoms. The highest BCUT2D eigenvalue weighted by molar-refractivity contribution is 7.89. The zero-order valence-electron chi connectivity index (χ0n) is 28.4. The van der Waals surface area contributed by atoms with Crippen molar-refractivity contribution in [3.63, 3.8) is 0 Å². The Hall–Kier alpha value is -3.20. The van der Waals surface area contributed by atoms with Gasteiger partial charge < -0.3 is 34.7 Å². The van der Waals surface area contributed by atoms with Crippen molar-refractivity contribution in [1.29, 1.82) is 0 Å². The van der Waals surface area contributed by atoms with Gasteiger partial charge in [0.25, 0.3) is 15.9 Å². The summed E-state index contributed by atoms with van der Waals surface area (Å²) in [6, 6.07) is 4.30. The standard InChI is InChI=1S/C33H52N6O7S/c1-23-18-39(24(2)21-40)32(41)28-17-27(36-33(42)35-26-12-7-6-8-13-26)14-15-29(28)46-25(3)11-9-10-16-45-30(23)19-38(5)47(43,44)31-20-37(4)22-34-31/h14-15,17,20,22-26,30,40H,6-13,16,18-19,21H2,1-5H3,(H2,35,36,42)/t23-,24+,25-,30-/m1/s1. The van der Waals surface area contributed by atoms with Gasteiger partial charge in [0.1, 0.15) is 5.75 Å². The van der Waals surface area contributed by atoms with Crippen molar-refractivity contribution in [3.05, 3.63) is 36.3 Å². The zero-order chi connectivity index (χ0) is 34.1. The largest absolute Gasteiger partial charge is 0.490 e. The van der Waals surface area contributed by atoms with Crippen LogP contribution in [-0.2, 0) is 21.8 Å². The summed E-state index contributed by atoms with van der Waals surface area (Å²) < 4.78 is 42.0. The summed E-state index contributed by atoms with van der Waals surface area (Å²) in [6.07, 6.45) is 9.67. The Morgan fingerprint density at radius 1 is 1.15 bits per heavy atom. The first kappa shape index (κ1) is 36.6. The number of hydrogen-bond acceptors (Lipinski definition) is 8. The second-order valence-corrected chi connectivity index (χ2v) is 15.1. The molecule has 262 valence electrons. The van der Waals surface area contributed by atoms with Gasteiger partial charge in [-0.15, -0.1) is 0 Å². The number of aliphatic hydroxyl groups excluding tert-OH is 1. The van der Waals surface area contributed by atoms with E-state index < -0.39 is 22.2 Å². The fraction of sp³-hybridized carbons (Fsp3) is 0.667. The summed E-state index contributed by atoms with van der Waals surface area (Å²) >= 11 is 0. The number of nitrogens with zero attached hydrogens (tertiary/aromatic N) is 4. The molecular weight excluding hydrogens is 624 g/mol. The molecule has 0 spiro atoms. The van der Waals surface area contributed by atoms with Gasteiger partial charge in [0.05, 0.1) is 36.7 Å². The number of aromatic nitrogens is 2. The van der Waals surface area contributed by atoms with E-state index >= 15 is 0 Å². The van der Waals surface area contributed by atoms with Gasteiger partial charge in [-0.05, 0) is 64.2 Å². The Labute approximate surface area is 279 Å². The van der Waals surface area contributed by atoms with Crippen molar-refractivity contribution < 1.29 is 32.6 Å². The molecule has 1 aromatic heterocycles. The Balaban J connectivity index is 1.60. The normalized spacial score (nSPS) is 23.0. The number of anilines is 1. The molecule has 1 saturated carbocycles. The number of rotatable bonds is 8. The number of benzene rings is 1. The van der Waals surface area contributed by atoms with Gasteiger partial charge in [-0.25, -0.2) is 18.2 Å². The molecule has 0 bridgehead atoms. The van der Waals surface area contributed by atoms with E-state index in [0.717, 1.165) is 38.5 Å². The number of hydrogen-bond donors (Lipinski definition) is 3. The van der Waals surface area contributed by atoms with E-state index in [1.807, 2.05) is 13.8 Å². The molecule has 4 rings (SSSR count). The summed E-state index contributed by atoms with van der Waals surface area (Å²) in [4.78, 5) is 32.8. The van der Waals surface area contributed by atoms with Crippen LogP contribution >= 0.6 is 0 Å². The van der Waals surface area contributed by atoms with E-state index in [-0.39, 0.29) is 60.3 Å². The first-order valence-electron chi connectivity index (χ1n) is 16.7. The molecule has 0 saturated heterocycles. The third-order valence-corrected chi connectivity index (χ3v) is 10.8. The quantitative estimate of drug-likeness (QED) is 0.379. The van der Waals surface area contributed by atoms with Gasteiger partial charge in [0, 0.05) is 57.6 Å². The molecule has 1 aliphatic heterocycles. The first-order chi connectivity index (χ1) is 22.4. The lowest BCUT2D eigenvalue weighted by Crippen LogP contribution is -2.48. The van der Waals surface area contributed by atoms with Crippen LogP contribution in [0.2, 0.25) is 0 Å². The number of ether oxygens (including phenoxy) is 2. The summed E-state index contributed by atoms with van der Waals surface area (Å²) in [5.41, 5.74) is 0.721. The number of carbonyl (C=O) groups excluding carboxylic acids is 2. The minimum Gasteiger partial charge on any atom is -0.490 e. The molecule has 1 aromatic carbocycles. The topological polar surface area (TPSA) is 155 Å². The number of sulfonamides is 1. The van der Waals surface area contributed by atoms with Crippen LogP contribution in [0, 0.1) is 5.92 Å². The third kappa shape index (κ3) is 9.91. The monoisotopic (exact) mass is 676 g/mol. The number of imidazole rings is 1. The molecule has 2 heterocycles. The van der Waals surface area contributed by atoms with Crippen LogP contribution < -0.4 is 15.4 Å². The van der Waals surface area contributed by atoms with Crippen LogP contribution in [0.1, 0.15) is 82.5 Å². The van der Waals surface area contributed by atoms with Gasteiger partial charge in [0.15, 0.2) is 5.03 Å². The number of carbonyl (C=O) groups is 2. The highest BCUT2D eigenvalue weighted by Crippen LogP contribution is 2.29. The minimum atomic E-state index is -3.87. The number of aryl methyl sites for hydroxylation is 1. The molecule has 4 atom stereocenters. The molecule has 2 aromatic rings. The second kappa shape index (κ2) is 16.8. The molecule has 2 aliphatic rings. The summed E-state index contributed by atoms with van der Waals surface area (Å²) in [5.74, 6) is -0.292. The molecule has 0 unspecified atom stereocenters. The fourth-order valence-electron chi connectivity index (χ4n) is 6.10. The number of aliphatic hydroxyl groups is 1. The molecule has 1 fully saturated rings. The fourth-order valence-corrected chi connectivity index (χ4v) is 7.24. The highest BCUT2D eigenvalue weighted by Gasteiger charge is 2.33. The Bertz CT molecular complexity index is 1440. The Morgan fingerprint density at radius 3 is 2.55 bits per heavy atom. The SMILES string of the molecule is C[C@@H]1CCCCO[C@H](CN(C)S(=O)(=O)c2cn(C)cn2)[C@H](C)CN([C@@H](C)CO)C(=O)c2cc(NC(=O)NC3CCCCC3)ccc2O1. The lowest BCUT2D eigenvalue weighted by atomic mass is 9.96. The molecule has 13 nitrogen and oxygen atoms in total. The van der Waals surface area contributed by atoms with Crippen molar-refractivity contribution in [2.75, 3.05) is 38.7 Å². The van der Waals surface area contributed by atoms with Crippen molar-refractivity contribution in [2.45, 2.75) is 101 Å². The maximum Gasteiger partial charge on any atom is 0.319 e. The van der Waals surface area contributed by atoms with E-state index in [4.69, 9.17) is 9.47 Å². The zero-order valence-corrected chi connectivity index (χ0v) is 29.2. The summed E-state index contributed by atoms with van der Waals surface area (Å²) in [5, 5.41) is 16.1. The van der Waals surface area contributed by atoms with Gasteiger partial charge in [0.2, 0.25) is 0 Å². The van der Waals surface area contributed by atoms with E-state index in [1.165, 1.54) is 30.3 Å². The van der Waals surface area contributed by atoms with E-state index in [2.05, 4.69) is 15.6 Å². The maximum atomic E-state index is 14.3. The third-order valence-electron chi connectivity index (χ3n) is 9.04. The lowest BCUT2D eigenvalue weighted by molar-refractivity contribution is -0.00835. The van der Waals surface area contributed by atoms with E-state index in [0.29, 0.717) is 24.5 Å². The van der Waals surface area contributed by atoms with Crippen LogP contribution in [0.3, 0.4) is 0 Å².